The second-order valence-corrected chi connectivity index (χ2v) is 7.06. The van der Waals surface area contributed by atoms with E-state index in [1.807, 2.05) is 0 Å². The van der Waals surface area contributed by atoms with Crippen LogP contribution < -0.4 is 5.73 Å². The summed E-state index contributed by atoms with van der Waals surface area (Å²) in [5.41, 5.74) is 5.97. The van der Waals surface area contributed by atoms with E-state index in [4.69, 9.17) is 17.3 Å². The Bertz CT molecular complexity index is 765. The van der Waals surface area contributed by atoms with E-state index in [9.17, 15) is 12.8 Å². The average Bonchev–Trinajstić information content (AvgIpc) is 2.41. The molecule has 21 heavy (non-hydrogen) atoms. The fourth-order valence-electron chi connectivity index (χ4n) is 1.84. The summed E-state index contributed by atoms with van der Waals surface area (Å²) in [4.78, 5) is -0.0501. The minimum Gasteiger partial charge on any atom is -0.396 e. The second-order valence-electron chi connectivity index (χ2n) is 4.57. The SMILES string of the molecule is CN(Cc1cccc(Cl)c1)S(=O)(=O)c1ccc(F)c(N)c1. The van der Waals surface area contributed by atoms with Crippen molar-refractivity contribution < 1.29 is 12.8 Å². The van der Waals surface area contributed by atoms with Gasteiger partial charge in [-0.3, -0.25) is 0 Å². The molecule has 0 aliphatic heterocycles. The predicted octanol–water partition coefficient (Wildman–Crippen LogP) is 2.88. The van der Waals surface area contributed by atoms with Gasteiger partial charge < -0.3 is 5.73 Å². The first kappa shape index (κ1) is 15.8. The third-order valence-corrected chi connectivity index (χ3v) is 5.00. The maximum absolute atomic E-state index is 13.1. The van der Waals surface area contributed by atoms with E-state index in [-0.39, 0.29) is 17.1 Å². The molecule has 0 fully saturated rings. The Morgan fingerprint density at radius 1 is 1.24 bits per heavy atom. The third-order valence-electron chi connectivity index (χ3n) is 2.97. The molecule has 0 aliphatic rings. The number of hydrogen-bond donors (Lipinski definition) is 1. The first-order chi connectivity index (χ1) is 9.80. The highest BCUT2D eigenvalue weighted by Gasteiger charge is 2.21. The molecule has 0 spiro atoms. The van der Waals surface area contributed by atoms with Gasteiger partial charge in [0.15, 0.2) is 0 Å². The fourth-order valence-corrected chi connectivity index (χ4v) is 3.25. The number of rotatable bonds is 4. The van der Waals surface area contributed by atoms with Gasteiger partial charge in [-0.2, -0.15) is 4.31 Å². The van der Waals surface area contributed by atoms with Crippen LogP contribution in [0.2, 0.25) is 5.02 Å². The Morgan fingerprint density at radius 3 is 2.57 bits per heavy atom. The summed E-state index contributed by atoms with van der Waals surface area (Å²) in [5, 5.41) is 0.532. The molecule has 0 heterocycles. The molecular weight excluding hydrogens is 315 g/mol. The monoisotopic (exact) mass is 328 g/mol. The maximum Gasteiger partial charge on any atom is 0.243 e. The van der Waals surface area contributed by atoms with E-state index >= 15 is 0 Å². The summed E-state index contributed by atoms with van der Waals surface area (Å²) in [6.07, 6.45) is 0. The van der Waals surface area contributed by atoms with Crippen molar-refractivity contribution in [1.82, 2.24) is 4.31 Å². The highest BCUT2D eigenvalue weighted by Crippen LogP contribution is 2.21. The lowest BCUT2D eigenvalue weighted by molar-refractivity contribution is 0.466. The minimum atomic E-state index is -3.75. The first-order valence-electron chi connectivity index (χ1n) is 6.06. The van der Waals surface area contributed by atoms with Gasteiger partial charge in [-0.1, -0.05) is 23.7 Å². The first-order valence-corrected chi connectivity index (χ1v) is 7.88. The van der Waals surface area contributed by atoms with Gasteiger partial charge in [-0.05, 0) is 35.9 Å². The van der Waals surface area contributed by atoms with Crippen molar-refractivity contribution in [1.29, 1.82) is 0 Å². The van der Waals surface area contributed by atoms with Crippen molar-refractivity contribution in [2.75, 3.05) is 12.8 Å². The van der Waals surface area contributed by atoms with E-state index in [2.05, 4.69) is 0 Å². The molecule has 0 bridgehead atoms. The van der Waals surface area contributed by atoms with Gasteiger partial charge in [0, 0.05) is 18.6 Å². The standard InChI is InChI=1S/C14H14ClFN2O2S/c1-18(9-10-3-2-4-11(15)7-10)21(19,20)12-5-6-13(16)14(17)8-12/h2-8H,9,17H2,1H3. The van der Waals surface area contributed by atoms with Crippen LogP contribution in [-0.4, -0.2) is 19.8 Å². The van der Waals surface area contributed by atoms with Gasteiger partial charge in [-0.15, -0.1) is 0 Å². The van der Waals surface area contributed by atoms with Crippen molar-refractivity contribution in [2.45, 2.75) is 11.4 Å². The van der Waals surface area contributed by atoms with Crippen LogP contribution in [-0.2, 0) is 16.6 Å². The molecular formula is C14H14ClFN2O2S. The topological polar surface area (TPSA) is 63.4 Å². The molecule has 4 nitrogen and oxygen atoms in total. The molecule has 0 saturated carbocycles. The Kier molecular flexibility index (Phi) is 4.51. The lowest BCUT2D eigenvalue weighted by Crippen LogP contribution is -2.26. The van der Waals surface area contributed by atoms with Crippen molar-refractivity contribution in [2.24, 2.45) is 0 Å². The summed E-state index contributed by atoms with van der Waals surface area (Å²) in [6.45, 7) is 0.153. The summed E-state index contributed by atoms with van der Waals surface area (Å²) < 4.78 is 39.1. The normalized spacial score (nSPS) is 11.8. The van der Waals surface area contributed by atoms with Crippen molar-refractivity contribution in [3.8, 4) is 0 Å². The number of nitrogen functional groups attached to an aromatic ring is 1. The van der Waals surface area contributed by atoms with Crippen LogP contribution in [0.15, 0.2) is 47.4 Å². The number of sulfonamides is 1. The quantitative estimate of drug-likeness (QED) is 0.878. The molecule has 0 aromatic heterocycles. The Hall–Kier alpha value is -1.63. The van der Waals surface area contributed by atoms with Crippen LogP contribution in [0.5, 0.6) is 0 Å². The van der Waals surface area contributed by atoms with Crippen LogP contribution in [0.3, 0.4) is 0 Å². The smallest absolute Gasteiger partial charge is 0.243 e. The predicted molar refractivity (Wildman–Crippen MR) is 80.9 cm³/mol. The van der Waals surface area contributed by atoms with Crippen LogP contribution in [0.1, 0.15) is 5.56 Å². The number of nitrogens with two attached hydrogens (primary N) is 1. The van der Waals surface area contributed by atoms with Crippen LogP contribution in [0, 0.1) is 5.82 Å². The zero-order valence-corrected chi connectivity index (χ0v) is 12.8. The van der Waals surface area contributed by atoms with E-state index in [0.717, 1.165) is 22.0 Å². The largest absolute Gasteiger partial charge is 0.396 e. The molecule has 0 radical (unpaired) electrons. The van der Waals surface area contributed by atoms with Gasteiger partial charge in [0.2, 0.25) is 10.0 Å². The molecule has 0 amide bonds. The molecule has 2 rings (SSSR count). The molecule has 0 unspecified atom stereocenters. The number of benzene rings is 2. The fraction of sp³-hybridized carbons (Fsp3) is 0.143. The minimum absolute atomic E-state index is 0.0501. The van der Waals surface area contributed by atoms with Crippen molar-refractivity contribution in [3.63, 3.8) is 0 Å². The highest BCUT2D eigenvalue weighted by atomic mass is 35.5. The van der Waals surface area contributed by atoms with E-state index in [0.29, 0.717) is 5.02 Å². The lowest BCUT2D eigenvalue weighted by Gasteiger charge is -2.17. The van der Waals surface area contributed by atoms with Crippen LogP contribution >= 0.6 is 11.6 Å². The second kappa shape index (κ2) is 6.01. The molecule has 0 aliphatic carbocycles. The number of hydrogen-bond acceptors (Lipinski definition) is 3. The maximum atomic E-state index is 13.1. The zero-order valence-electron chi connectivity index (χ0n) is 11.3. The van der Waals surface area contributed by atoms with Crippen LogP contribution in [0.25, 0.3) is 0 Å². The van der Waals surface area contributed by atoms with Gasteiger partial charge in [0.1, 0.15) is 5.82 Å². The van der Waals surface area contributed by atoms with Gasteiger partial charge in [0.25, 0.3) is 0 Å². The molecule has 112 valence electrons. The third kappa shape index (κ3) is 3.53. The van der Waals surface area contributed by atoms with E-state index < -0.39 is 15.8 Å². The average molecular weight is 329 g/mol. The Labute approximate surface area is 128 Å². The van der Waals surface area contributed by atoms with Gasteiger partial charge in [0.05, 0.1) is 10.6 Å². The Balaban J connectivity index is 2.28. The molecule has 0 saturated heterocycles. The van der Waals surface area contributed by atoms with E-state index in [1.165, 1.54) is 13.1 Å². The van der Waals surface area contributed by atoms with Crippen molar-refractivity contribution in [3.05, 3.63) is 58.9 Å². The van der Waals surface area contributed by atoms with E-state index in [1.54, 1.807) is 24.3 Å². The summed E-state index contributed by atoms with van der Waals surface area (Å²) >= 11 is 5.87. The zero-order chi connectivity index (χ0) is 15.6. The van der Waals surface area contributed by atoms with Gasteiger partial charge >= 0.3 is 0 Å². The lowest BCUT2D eigenvalue weighted by atomic mass is 10.2. The highest BCUT2D eigenvalue weighted by molar-refractivity contribution is 7.89. The molecule has 7 heteroatoms. The van der Waals surface area contributed by atoms with Crippen molar-refractivity contribution >= 4 is 27.3 Å². The summed E-state index contributed by atoms with van der Waals surface area (Å²) in [6, 6.07) is 10.3. The number of nitrogens with zero attached hydrogens (tertiary/aromatic N) is 1. The Morgan fingerprint density at radius 2 is 1.95 bits per heavy atom. The molecule has 2 aromatic rings. The molecule has 0 atom stereocenters. The number of halogens is 2. The molecule has 2 N–H and O–H groups in total. The van der Waals surface area contributed by atoms with Gasteiger partial charge in [-0.25, -0.2) is 12.8 Å². The molecule has 2 aromatic carbocycles. The summed E-state index contributed by atoms with van der Waals surface area (Å²) in [7, 11) is -2.31. The number of anilines is 1. The summed E-state index contributed by atoms with van der Waals surface area (Å²) in [5.74, 6) is -0.647. The van der Waals surface area contributed by atoms with Crippen LogP contribution in [0.4, 0.5) is 10.1 Å².